The van der Waals surface area contributed by atoms with E-state index in [1.165, 1.54) is 18.0 Å². The summed E-state index contributed by atoms with van der Waals surface area (Å²) in [5.74, 6) is -2.30. The zero-order chi connectivity index (χ0) is 17.7. The van der Waals surface area contributed by atoms with E-state index >= 15 is 0 Å². The molecular formula is C17H15ClF2N2O2. The molecular weight excluding hydrogens is 338 g/mol. The fourth-order valence-corrected chi connectivity index (χ4v) is 2.25. The molecule has 0 bridgehead atoms. The summed E-state index contributed by atoms with van der Waals surface area (Å²) < 4.78 is 26.5. The van der Waals surface area contributed by atoms with Crippen LogP contribution >= 0.6 is 11.6 Å². The molecule has 2 aromatic carbocycles. The van der Waals surface area contributed by atoms with E-state index in [2.05, 4.69) is 5.32 Å². The van der Waals surface area contributed by atoms with Crippen molar-refractivity contribution in [1.82, 2.24) is 10.2 Å². The van der Waals surface area contributed by atoms with Crippen LogP contribution in [0, 0.1) is 11.6 Å². The first-order valence-electron chi connectivity index (χ1n) is 7.09. The molecule has 7 heteroatoms. The van der Waals surface area contributed by atoms with Crippen LogP contribution in [0.15, 0.2) is 42.5 Å². The first kappa shape index (κ1) is 17.9. The van der Waals surface area contributed by atoms with Gasteiger partial charge in [0.25, 0.3) is 5.91 Å². The number of hydrogen-bond donors (Lipinski definition) is 1. The van der Waals surface area contributed by atoms with Gasteiger partial charge < -0.3 is 10.2 Å². The average Bonchev–Trinajstić information content (AvgIpc) is 2.55. The van der Waals surface area contributed by atoms with Crippen LogP contribution in [-0.2, 0) is 11.3 Å². The lowest BCUT2D eigenvalue weighted by Gasteiger charge is -2.18. The standard InChI is InChI=1S/C17H15ClF2N2O2/c1-22(10-11-6-7-12(19)8-15(11)20)16(23)9-21-17(24)13-4-2-3-5-14(13)18/h2-8H,9-10H2,1H3,(H,21,24). The number of nitrogens with one attached hydrogen (secondary N) is 1. The molecule has 0 spiro atoms. The van der Waals surface area contributed by atoms with E-state index in [0.717, 1.165) is 12.1 Å². The van der Waals surface area contributed by atoms with Crippen molar-refractivity contribution in [3.8, 4) is 0 Å². The van der Waals surface area contributed by atoms with Gasteiger partial charge in [-0.15, -0.1) is 0 Å². The van der Waals surface area contributed by atoms with E-state index in [0.29, 0.717) is 0 Å². The summed E-state index contributed by atoms with van der Waals surface area (Å²) in [4.78, 5) is 25.2. The highest BCUT2D eigenvalue weighted by molar-refractivity contribution is 6.33. The molecule has 2 rings (SSSR count). The number of rotatable bonds is 5. The average molecular weight is 353 g/mol. The number of carbonyl (C=O) groups is 2. The van der Waals surface area contributed by atoms with Crippen LogP contribution in [0.25, 0.3) is 0 Å². The molecule has 0 saturated carbocycles. The highest BCUT2D eigenvalue weighted by Gasteiger charge is 2.15. The molecule has 0 unspecified atom stereocenters. The summed E-state index contributed by atoms with van der Waals surface area (Å²) >= 11 is 5.91. The first-order valence-corrected chi connectivity index (χ1v) is 7.47. The van der Waals surface area contributed by atoms with Crippen molar-refractivity contribution in [3.63, 3.8) is 0 Å². The number of likely N-dealkylation sites (N-methyl/N-ethyl adjacent to an activating group) is 1. The Morgan fingerprint density at radius 2 is 1.88 bits per heavy atom. The molecule has 0 aromatic heterocycles. The highest BCUT2D eigenvalue weighted by Crippen LogP contribution is 2.14. The minimum Gasteiger partial charge on any atom is -0.343 e. The Bertz CT molecular complexity index is 768. The Kier molecular flexibility index (Phi) is 5.87. The van der Waals surface area contributed by atoms with Crippen molar-refractivity contribution in [2.75, 3.05) is 13.6 Å². The molecule has 1 N–H and O–H groups in total. The Morgan fingerprint density at radius 1 is 1.17 bits per heavy atom. The predicted octanol–water partition coefficient (Wildman–Crippen LogP) is 3.01. The lowest BCUT2D eigenvalue weighted by molar-refractivity contribution is -0.129. The maximum absolute atomic E-state index is 13.6. The van der Waals surface area contributed by atoms with Crippen molar-refractivity contribution < 1.29 is 18.4 Å². The lowest BCUT2D eigenvalue weighted by atomic mass is 10.2. The molecule has 0 fully saturated rings. The predicted molar refractivity (Wildman–Crippen MR) is 86.6 cm³/mol. The molecule has 0 saturated heterocycles. The molecule has 126 valence electrons. The molecule has 24 heavy (non-hydrogen) atoms. The van der Waals surface area contributed by atoms with Crippen LogP contribution in [-0.4, -0.2) is 30.3 Å². The van der Waals surface area contributed by atoms with E-state index in [4.69, 9.17) is 11.6 Å². The van der Waals surface area contributed by atoms with Crippen LogP contribution in [0.3, 0.4) is 0 Å². The topological polar surface area (TPSA) is 49.4 Å². The van der Waals surface area contributed by atoms with Gasteiger partial charge in [-0.25, -0.2) is 8.78 Å². The van der Waals surface area contributed by atoms with E-state index in [1.54, 1.807) is 24.3 Å². The summed E-state index contributed by atoms with van der Waals surface area (Å²) in [5, 5.41) is 2.74. The van der Waals surface area contributed by atoms with Crippen molar-refractivity contribution in [2.24, 2.45) is 0 Å². The normalized spacial score (nSPS) is 10.3. The number of benzene rings is 2. The van der Waals surface area contributed by atoms with E-state index in [-0.39, 0.29) is 29.2 Å². The number of hydrogen-bond acceptors (Lipinski definition) is 2. The number of halogens is 3. The van der Waals surface area contributed by atoms with Gasteiger partial charge in [-0.2, -0.15) is 0 Å². The molecule has 2 aromatic rings. The van der Waals surface area contributed by atoms with Gasteiger partial charge in [0.15, 0.2) is 0 Å². The first-order chi connectivity index (χ1) is 11.4. The third-order valence-corrected chi connectivity index (χ3v) is 3.70. The minimum atomic E-state index is -0.727. The second kappa shape index (κ2) is 7.88. The Morgan fingerprint density at radius 3 is 2.54 bits per heavy atom. The van der Waals surface area contributed by atoms with Gasteiger partial charge in [-0.1, -0.05) is 29.8 Å². The third kappa shape index (κ3) is 4.52. The van der Waals surface area contributed by atoms with Crippen LogP contribution in [0.4, 0.5) is 8.78 Å². The molecule has 4 nitrogen and oxygen atoms in total. The fourth-order valence-electron chi connectivity index (χ4n) is 2.03. The SMILES string of the molecule is CN(Cc1ccc(F)cc1F)C(=O)CNC(=O)c1ccccc1Cl. The van der Waals surface area contributed by atoms with Crippen LogP contribution in [0.1, 0.15) is 15.9 Å². The number of nitrogens with zero attached hydrogens (tertiary/aromatic N) is 1. The zero-order valence-corrected chi connectivity index (χ0v) is 13.6. The second-order valence-electron chi connectivity index (χ2n) is 5.15. The van der Waals surface area contributed by atoms with Crippen LogP contribution < -0.4 is 5.32 Å². The van der Waals surface area contributed by atoms with Gasteiger partial charge >= 0.3 is 0 Å². The monoisotopic (exact) mass is 352 g/mol. The summed E-state index contributed by atoms with van der Waals surface area (Å²) in [5.41, 5.74) is 0.448. The van der Waals surface area contributed by atoms with Gasteiger partial charge in [-0.05, 0) is 18.2 Å². The molecule has 0 aliphatic carbocycles. The quantitative estimate of drug-likeness (QED) is 0.899. The second-order valence-corrected chi connectivity index (χ2v) is 5.56. The van der Waals surface area contributed by atoms with Gasteiger partial charge in [0.1, 0.15) is 11.6 Å². The van der Waals surface area contributed by atoms with Crippen LogP contribution in [0.5, 0.6) is 0 Å². The van der Waals surface area contributed by atoms with Gasteiger partial charge in [0.2, 0.25) is 5.91 Å². The fraction of sp³-hybridized carbons (Fsp3) is 0.176. The smallest absolute Gasteiger partial charge is 0.253 e. The summed E-state index contributed by atoms with van der Waals surface area (Å²) in [6.45, 7) is -0.295. The molecule has 0 atom stereocenters. The molecule has 0 heterocycles. The third-order valence-electron chi connectivity index (χ3n) is 3.37. The maximum atomic E-state index is 13.6. The van der Waals surface area contributed by atoms with E-state index in [9.17, 15) is 18.4 Å². The zero-order valence-electron chi connectivity index (χ0n) is 12.9. The van der Waals surface area contributed by atoms with Gasteiger partial charge in [0, 0.05) is 25.2 Å². The lowest BCUT2D eigenvalue weighted by Crippen LogP contribution is -2.38. The van der Waals surface area contributed by atoms with Gasteiger partial charge in [-0.3, -0.25) is 9.59 Å². The molecule has 0 aliphatic heterocycles. The van der Waals surface area contributed by atoms with Crippen molar-refractivity contribution in [3.05, 3.63) is 70.2 Å². The Labute approximate surface area is 143 Å². The highest BCUT2D eigenvalue weighted by atomic mass is 35.5. The van der Waals surface area contributed by atoms with Gasteiger partial charge in [0.05, 0.1) is 17.1 Å². The molecule has 2 amide bonds. The maximum Gasteiger partial charge on any atom is 0.253 e. The summed E-state index contributed by atoms with van der Waals surface area (Å²) in [6.07, 6.45) is 0. The summed E-state index contributed by atoms with van der Waals surface area (Å²) in [7, 11) is 1.47. The Balaban J connectivity index is 1.92. The number of carbonyl (C=O) groups excluding carboxylic acids is 2. The Hall–Kier alpha value is -2.47. The van der Waals surface area contributed by atoms with E-state index < -0.39 is 23.4 Å². The summed E-state index contributed by atoms with van der Waals surface area (Å²) in [6, 6.07) is 9.61. The largest absolute Gasteiger partial charge is 0.343 e. The number of amides is 2. The van der Waals surface area contributed by atoms with E-state index in [1.807, 2.05) is 0 Å². The molecule has 0 radical (unpaired) electrons. The minimum absolute atomic E-state index is 0.0348. The molecule has 0 aliphatic rings. The van der Waals surface area contributed by atoms with Crippen molar-refractivity contribution in [2.45, 2.75) is 6.54 Å². The van der Waals surface area contributed by atoms with Crippen molar-refractivity contribution in [1.29, 1.82) is 0 Å². The van der Waals surface area contributed by atoms with Crippen LogP contribution in [0.2, 0.25) is 5.02 Å². The van der Waals surface area contributed by atoms with Crippen molar-refractivity contribution >= 4 is 23.4 Å².